The van der Waals surface area contributed by atoms with Crippen molar-refractivity contribution in [1.82, 2.24) is 10.6 Å². The van der Waals surface area contributed by atoms with Crippen LogP contribution in [0.5, 0.6) is 0 Å². The van der Waals surface area contributed by atoms with Crippen molar-refractivity contribution in [3.8, 4) is 0 Å². The fourth-order valence-corrected chi connectivity index (χ4v) is 3.22. The van der Waals surface area contributed by atoms with Crippen LogP contribution in [0.1, 0.15) is 57.1 Å². The summed E-state index contributed by atoms with van der Waals surface area (Å²) >= 11 is 0. The van der Waals surface area contributed by atoms with Crippen LogP contribution in [0.4, 0.5) is 0 Å². The number of carbonyl (C=O) groups excluding carboxylic acids is 2. The molecule has 4 nitrogen and oxygen atoms in total. The Hall–Kier alpha value is -1.84. The first-order valence-corrected chi connectivity index (χ1v) is 9.02. The van der Waals surface area contributed by atoms with Gasteiger partial charge in [-0.3, -0.25) is 9.59 Å². The lowest BCUT2D eigenvalue weighted by atomic mass is 9.84. The predicted molar refractivity (Wildman–Crippen MR) is 96.7 cm³/mol. The highest BCUT2D eigenvalue weighted by Gasteiger charge is 2.37. The fraction of sp³-hybridized carbons (Fsp3) is 0.600. The van der Waals surface area contributed by atoms with Crippen LogP contribution in [0.25, 0.3) is 0 Å². The molecule has 0 aromatic heterocycles. The highest BCUT2D eigenvalue weighted by molar-refractivity contribution is 5.80. The molecule has 2 rings (SSSR count). The van der Waals surface area contributed by atoms with E-state index < -0.39 is 0 Å². The molecule has 1 heterocycles. The van der Waals surface area contributed by atoms with E-state index in [9.17, 15) is 9.59 Å². The van der Waals surface area contributed by atoms with E-state index in [0.29, 0.717) is 25.2 Å². The van der Waals surface area contributed by atoms with Crippen molar-refractivity contribution in [3.63, 3.8) is 0 Å². The van der Waals surface area contributed by atoms with E-state index in [1.807, 2.05) is 0 Å². The lowest BCUT2D eigenvalue weighted by Crippen LogP contribution is -2.44. The number of carbonyl (C=O) groups is 2. The monoisotopic (exact) mass is 330 g/mol. The van der Waals surface area contributed by atoms with Gasteiger partial charge < -0.3 is 10.6 Å². The van der Waals surface area contributed by atoms with E-state index in [-0.39, 0.29) is 17.4 Å². The lowest BCUT2D eigenvalue weighted by molar-refractivity contribution is -0.122. The van der Waals surface area contributed by atoms with Gasteiger partial charge in [0.15, 0.2) is 0 Å². The summed E-state index contributed by atoms with van der Waals surface area (Å²) in [6.45, 7) is 7.10. The second-order valence-corrected chi connectivity index (χ2v) is 7.52. The molecular weight excluding hydrogens is 300 g/mol. The normalized spacial score (nSPS) is 20.2. The molecule has 0 aliphatic carbocycles. The summed E-state index contributed by atoms with van der Waals surface area (Å²) in [6, 6.07) is 8.42. The minimum absolute atomic E-state index is 0.0834. The molecular formula is C20H30N2O2. The van der Waals surface area contributed by atoms with Gasteiger partial charge in [0.1, 0.15) is 0 Å². The molecule has 24 heavy (non-hydrogen) atoms. The van der Waals surface area contributed by atoms with Gasteiger partial charge in [0.2, 0.25) is 11.8 Å². The van der Waals surface area contributed by atoms with E-state index in [2.05, 4.69) is 55.7 Å². The molecule has 0 bridgehead atoms. The first-order valence-electron chi connectivity index (χ1n) is 9.02. The Bertz CT molecular complexity index is 566. The van der Waals surface area contributed by atoms with E-state index in [0.717, 1.165) is 25.8 Å². The molecule has 1 aliphatic rings. The second kappa shape index (κ2) is 8.32. The van der Waals surface area contributed by atoms with Crippen molar-refractivity contribution < 1.29 is 9.59 Å². The van der Waals surface area contributed by atoms with Crippen LogP contribution in [-0.4, -0.2) is 23.9 Å². The molecule has 1 aromatic rings. The summed E-state index contributed by atoms with van der Waals surface area (Å²) < 4.78 is 0. The number of amides is 2. The minimum atomic E-state index is -0.276. The van der Waals surface area contributed by atoms with Crippen LogP contribution in [0, 0.1) is 12.8 Å². The van der Waals surface area contributed by atoms with Crippen molar-refractivity contribution in [2.75, 3.05) is 6.54 Å². The molecule has 132 valence electrons. The highest BCUT2D eigenvalue weighted by atomic mass is 16.2. The zero-order valence-electron chi connectivity index (χ0n) is 15.2. The van der Waals surface area contributed by atoms with E-state index in [4.69, 9.17) is 0 Å². The van der Waals surface area contributed by atoms with Gasteiger partial charge in [-0.15, -0.1) is 0 Å². The van der Waals surface area contributed by atoms with Crippen molar-refractivity contribution in [3.05, 3.63) is 35.4 Å². The Morgan fingerprint density at radius 3 is 2.58 bits per heavy atom. The summed E-state index contributed by atoms with van der Waals surface area (Å²) in [4.78, 5) is 23.9. The largest absolute Gasteiger partial charge is 0.356 e. The summed E-state index contributed by atoms with van der Waals surface area (Å²) in [5.41, 5.74) is 2.16. The third kappa shape index (κ3) is 5.66. The van der Waals surface area contributed by atoms with Crippen LogP contribution in [-0.2, 0) is 16.0 Å². The topological polar surface area (TPSA) is 58.2 Å². The first-order chi connectivity index (χ1) is 11.4. The second-order valence-electron chi connectivity index (χ2n) is 7.52. The molecule has 0 saturated carbocycles. The average molecular weight is 330 g/mol. The fourth-order valence-electron chi connectivity index (χ4n) is 3.22. The smallest absolute Gasteiger partial charge is 0.220 e. The number of hydrogen-bond donors (Lipinski definition) is 2. The molecule has 1 atom stereocenters. The Labute approximate surface area is 145 Å². The van der Waals surface area contributed by atoms with Crippen LogP contribution < -0.4 is 10.6 Å². The molecule has 2 N–H and O–H groups in total. The lowest BCUT2D eigenvalue weighted by Gasteiger charge is -2.29. The third-order valence-electron chi connectivity index (χ3n) is 4.77. The summed E-state index contributed by atoms with van der Waals surface area (Å²) in [5, 5.41) is 6.13. The highest BCUT2D eigenvalue weighted by Crippen LogP contribution is 2.29. The van der Waals surface area contributed by atoms with Crippen molar-refractivity contribution in [2.45, 2.75) is 64.8 Å². The van der Waals surface area contributed by atoms with Crippen molar-refractivity contribution in [1.29, 1.82) is 0 Å². The van der Waals surface area contributed by atoms with Gasteiger partial charge in [-0.25, -0.2) is 0 Å². The van der Waals surface area contributed by atoms with Crippen LogP contribution in [0.2, 0.25) is 0 Å². The van der Waals surface area contributed by atoms with Gasteiger partial charge in [-0.2, -0.15) is 0 Å². The maximum atomic E-state index is 12.1. The Morgan fingerprint density at radius 2 is 2.00 bits per heavy atom. The third-order valence-corrected chi connectivity index (χ3v) is 4.77. The molecule has 2 amide bonds. The summed E-state index contributed by atoms with van der Waals surface area (Å²) in [6.07, 6.45) is 4.31. The molecule has 1 aromatic carbocycles. The molecule has 4 heteroatoms. The molecule has 0 spiro atoms. The number of benzene rings is 1. The summed E-state index contributed by atoms with van der Waals surface area (Å²) in [5.74, 6) is 0.773. The Balaban J connectivity index is 1.92. The first kappa shape index (κ1) is 18.5. The molecule has 1 unspecified atom stereocenters. The number of nitrogens with one attached hydrogen (secondary N) is 2. The minimum Gasteiger partial charge on any atom is -0.356 e. The average Bonchev–Trinajstić information content (AvgIpc) is 2.89. The summed E-state index contributed by atoms with van der Waals surface area (Å²) in [7, 11) is 0. The maximum Gasteiger partial charge on any atom is 0.220 e. The number of hydrogen-bond acceptors (Lipinski definition) is 2. The number of aryl methyl sites for hydroxylation is 1. The quantitative estimate of drug-likeness (QED) is 0.769. The number of rotatable bonds is 8. The van der Waals surface area contributed by atoms with Gasteiger partial charge >= 0.3 is 0 Å². The van der Waals surface area contributed by atoms with E-state index in [1.54, 1.807) is 0 Å². The van der Waals surface area contributed by atoms with Gasteiger partial charge in [0.05, 0.1) is 0 Å². The van der Waals surface area contributed by atoms with E-state index in [1.165, 1.54) is 11.1 Å². The zero-order chi connectivity index (χ0) is 17.6. The Kier molecular flexibility index (Phi) is 6.41. The maximum absolute atomic E-state index is 12.1. The standard InChI is InChI=1S/C20H30N2O2/c1-15(2)10-13-21-18(23)8-11-20(12-9-19(24)22-20)14-17-6-4-16(3)5-7-17/h4-7,15H,8-14H2,1-3H3,(H,21,23)(H,22,24). The molecule has 1 aliphatic heterocycles. The SMILES string of the molecule is Cc1ccc(CC2(CCC(=O)NCCC(C)C)CCC(=O)N2)cc1. The molecule has 1 fully saturated rings. The van der Waals surface area contributed by atoms with Gasteiger partial charge in [-0.05, 0) is 44.1 Å². The predicted octanol–water partition coefficient (Wildman–Crippen LogP) is 3.13. The van der Waals surface area contributed by atoms with Crippen molar-refractivity contribution in [2.24, 2.45) is 5.92 Å². The molecule has 0 radical (unpaired) electrons. The van der Waals surface area contributed by atoms with Crippen LogP contribution >= 0.6 is 0 Å². The van der Waals surface area contributed by atoms with Crippen LogP contribution in [0.3, 0.4) is 0 Å². The van der Waals surface area contributed by atoms with Crippen molar-refractivity contribution >= 4 is 11.8 Å². The zero-order valence-corrected chi connectivity index (χ0v) is 15.2. The Morgan fingerprint density at radius 1 is 1.29 bits per heavy atom. The van der Waals surface area contributed by atoms with Gasteiger partial charge in [0, 0.05) is 24.9 Å². The molecule has 1 saturated heterocycles. The van der Waals surface area contributed by atoms with E-state index >= 15 is 0 Å². The van der Waals surface area contributed by atoms with Gasteiger partial charge in [0.25, 0.3) is 0 Å². The van der Waals surface area contributed by atoms with Gasteiger partial charge in [-0.1, -0.05) is 43.7 Å². The van der Waals surface area contributed by atoms with Crippen LogP contribution in [0.15, 0.2) is 24.3 Å².